The highest BCUT2D eigenvalue weighted by molar-refractivity contribution is 4.63. The molecule has 0 aliphatic carbocycles. The second kappa shape index (κ2) is 20.6. The van der Waals surface area contributed by atoms with E-state index >= 15 is 0 Å². The van der Waals surface area contributed by atoms with Gasteiger partial charge in [0.05, 0.1) is 83.2 Å². The standard InChI is InChI=1S/C31H70N3O4/c1-11-12-13-14-15-16-17-18-19-20-21-22-36-27-30(24-33(5,6)7)38-28-31(25-34(8,9)10)37-26-29(35)23-32(2,3)4/h29-31,35H,11-28H2,1-10H3/q+3. The molecule has 0 heterocycles. The largest absolute Gasteiger partial charge is 0.385 e. The van der Waals surface area contributed by atoms with Crippen molar-refractivity contribution < 1.29 is 32.8 Å². The SMILES string of the molecule is CCCCCCCCCCCCCOCC(C[N+](C)(C)C)OCC(C[N+](C)(C)C)OCC(O)C[N+](C)(C)C. The molecule has 0 aliphatic rings. The van der Waals surface area contributed by atoms with Crippen LogP contribution in [0.1, 0.15) is 77.6 Å². The summed E-state index contributed by atoms with van der Waals surface area (Å²) in [5.41, 5.74) is 0. The molecule has 0 aromatic carbocycles. The fourth-order valence-electron chi connectivity index (χ4n) is 4.79. The van der Waals surface area contributed by atoms with Gasteiger partial charge >= 0.3 is 0 Å². The fraction of sp³-hybridized carbons (Fsp3) is 1.00. The van der Waals surface area contributed by atoms with E-state index in [4.69, 9.17) is 14.2 Å². The van der Waals surface area contributed by atoms with E-state index < -0.39 is 6.10 Å². The Hall–Kier alpha value is -0.280. The van der Waals surface area contributed by atoms with Gasteiger partial charge in [-0.3, -0.25) is 0 Å². The molecule has 0 spiro atoms. The maximum atomic E-state index is 10.4. The highest BCUT2D eigenvalue weighted by Crippen LogP contribution is 2.12. The molecule has 0 amide bonds. The molecular formula is C31H70N3O4+3. The number of quaternary nitrogens is 3. The van der Waals surface area contributed by atoms with Crippen molar-refractivity contribution >= 4 is 0 Å². The van der Waals surface area contributed by atoms with Crippen molar-refractivity contribution in [2.45, 2.75) is 95.9 Å². The maximum absolute atomic E-state index is 10.4. The number of ether oxygens (including phenoxy) is 3. The summed E-state index contributed by atoms with van der Waals surface area (Å²) in [6.45, 7) is 6.93. The Bertz CT molecular complexity index is 541. The van der Waals surface area contributed by atoms with Crippen LogP contribution in [0.15, 0.2) is 0 Å². The Labute approximate surface area is 238 Å². The number of aliphatic hydroxyl groups is 1. The van der Waals surface area contributed by atoms with Crippen LogP contribution in [0, 0.1) is 0 Å². The zero-order chi connectivity index (χ0) is 29.1. The number of unbranched alkanes of at least 4 members (excludes halogenated alkanes) is 10. The number of hydrogen-bond acceptors (Lipinski definition) is 4. The van der Waals surface area contributed by atoms with Crippen molar-refractivity contribution in [3.05, 3.63) is 0 Å². The Balaban J connectivity index is 4.42. The third-order valence-electron chi connectivity index (χ3n) is 6.50. The predicted octanol–water partition coefficient (Wildman–Crippen LogP) is 4.56. The molecule has 0 aromatic heterocycles. The van der Waals surface area contributed by atoms with Crippen LogP contribution in [-0.2, 0) is 14.2 Å². The van der Waals surface area contributed by atoms with Gasteiger partial charge in [-0.25, -0.2) is 0 Å². The molecule has 7 nitrogen and oxygen atoms in total. The summed E-state index contributed by atoms with van der Waals surface area (Å²) in [6.07, 6.45) is 14.3. The van der Waals surface area contributed by atoms with Crippen LogP contribution in [0.25, 0.3) is 0 Å². The van der Waals surface area contributed by atoms with Crippen LogP contribution >= 0.6 is 0 Å². The molecule has 38 heavy (non-hydrogen) atoms. The van der Waals surface area contributed by atoms with Crippen molar-refractivity contribution in [1.82, 2.24) is 0 Å². The highest BCUT2D eigenvalue weighted by atomic mass is 16.6. The van der Waals surface area contributed by atoms with Crippen molar-refractivity contribution in [1.29, 1.82) is 0 Å². The summed E-state index contributed by atoms with van der Waals surface area (Å²) in [5, 5.41) is 10.4. The maximum Gasteiger partial charge on any atom is 0.130 e. The zero-order valence-corrected chi connectivity index (χ0v) is 27.5. The van der Waals surface area contributed by atoms with E-state index in [0.717, 1.165) is 35.1 Å². The summed E-state index contributed by atoms with van der Waals surface area (Å²) in [6, 6.07) is 0. The van der Waals surface area contributed by atoms with Crippen molar-refractivity contribution in [3.63, 3.8) is 0 Å². The van der Waals surface area contributed by atoms with Gasteiger partial charge in [-0.15, -0.1) is 0 Å². The fourth-order valence-corrected chi connectivity index (χ4v) is 4.79. The van der Waals surface area contributed by atoms with E-state index in [1.54, 1.807) is 0 Å². The van der Waals surface area contributed by atoms with Gasteiger partial charge in [0, 0.05) is 6.61 Å². The Morgan fingerprint density at radius 1 is 0.500 bits per heavy atom. The van der Waals surface area contributed by atoms with Crippen LogP contribution < -0.4 is 0 Å². The van der Waals surface area contributed by atoms with Crippen molar-refractivity contribution in [2.75, 3.05) is 109 Å². The number of nitrogens with zero attached hydrogens (tertiary/aromatic N) is 3. The van der Waals surface area contributed by atoms with E-state index in [2.05, 4.69) is 70.4 Å². The molecule has 0 saturated carbocycles. The van der Waals surface area contributed by atoms with Crippen molar-refractivity contribution in [2.24, 2.45) is 0 Å². The molecule has 0 aromatic rings. The molecule has 0 bridgehead atoms. The molecule has 0 fully saturated rings. The van der Waals surface area contributed by atoms with Crippen LogP contribution in [0.4, 0.5) is 0 Å². The second-order valence-corrected chi connectivity index (χ2v) is 14.6. The van der Waals surface area contributed by atoms with Crippen LogP contribution in [0.3, 0.4) is 0 Å². The van der Waals surface area contributed by atoms with Crippen LogP contribution in [0.2, 0.25) is 0 Å². The first-order valence-corrected chi connectivity index (χ1v) is 15.5. The van der Waals surface area contributed by atoms with Gasteiger partial charge in [0.1, 0.15) is 37.9 Å². The first kappa shape index (κ1) is 37.7. The van der Waals surface area contributed by atoms with Gasteiger partial charge in [-0.05, 0) is 6.42 Å². The average molecular weight is 549 g/mol. The quantitative estimate of drug-likeness (QED) is 0.127. The first-order chi connectivity index (χ1) is 17.6. The highest BCUT2D eigenvalue weighted by Gasteiger charge is 2.26. The molecular weight excluding hydrogens is 478 g/mol. The minimum atomic E-state index is -0.485. The number of likely N-dealkylation sites (N-methyl/N-ethyl adjacent to an activating group) is 3. The van der Waals surface area contributed by atoms with Gasteiger partial charge in [0.25, 0.3) is 0 Å². The number of rotatable bonds is 26. The van der Waals surface area contributed by atoms with Gasteiger partial charge in [0.15, 0.2) is 0 Å². The lowest BCUT2D eigenvalue weighted by Gasteiger charge is -2.33. The van der Waals surface area contributed by atoms with Gasteiger partial charge < -0.3 is 32.8 Å². The van der Waals surface area contributed by atoms with Gasteiger partial charge in [0.2, 0.25) is 0 Å². The van der Waals surface area contributed by atoms with E-state index in [1.165, 1.54) is 64.2 Å². The molecule has 3 unspecified atom stereocenters. The zero-order valence-electron chi connectivity index (χ0n) is 27.5. The first-order valence-electron chi connectivity index (χ1n) is 15.5. The van der Waals surface area contributed by atoms with Crippen LogP contribution in [-0.4, -0.2) is 146 Å². The molecule has 3 atom stereocenters. The monoisotopic (exact) mass is 549 g/mol. The normalized spacial score (nSPS) is 15.6. The van der Waals surface area contributed by atoms with Crippen LogP contribution in [0.5, 0.6) is 0 Å². The molecule has 0 saturated heterocycles. The third-order valence-corrected chi connectivity index (χ3v) is 6.50. The molecule has 1 N–H and O–H groups in total. The molecule has 0 aliphatic heterocycles. The number of hydrogen-bond donors (Lipinski definition) is 1. The summed E-state index contributed by atoms with van der Waals surface area (Å²) < 4.78 is 21.0. The minimum absolute atomic E-state index is 0.0254. The lowest BCUT2D eigenvalue weighted by molar-refractivity contribution is -0.876. The van der Waals surface area contributed by atoms with Crippen molar-refractivity contribution in [3.8, 4) is 0 Å². The summed E-state index contributed by atoms with van der Waals surface area (Å²) in [7, 11) is 19.3. The Kier molecular flexibility index (Phi) is 20.4. The topological polar surface area (TPSA) is 47.9 Å². The van der Waals surface area contributed by atoms with Gasteiger partial charge in [-0.2, -0.15) is 0 Å². The third kappa shape index (κ3) is 27.3. The predicted molar refractivity (Wildman–Crippen MR) is 161 cm³/mol. The molecule has 0 radical (unpaired) electrons. The second-order valence-electron chi connectivity index (χ2n) is 14.6. The molecule has 7 heteroatoms. The molecule has 230 valence electrons. The average Bonchev–Trinajstić information content (AvgIpc) is 2.75. The van der Waals surface area contributed by atoms with E-state index in [9.17, 15) is 5.11 Å². The number of aliphatic hydroxyl groups excluding tert-OH is 1. The summed E-state index contributed by atoms with van der Waals surface area (Å²) in [5.74, 6) is 0. The summed E-state index contributed by atoms with van der Waals surface area (Å²) >= 11 is 0. The smallest absolute Gasteiger partial charge is 0.130 e. The van der Waals surface area contributed by atoms with E-state index in [0.29, 0.717) is 30.8 Å². The Morgan fingerprint density at radius 2 is 0.895 bits per heavy atom. The molecule has 0 rings (SSSR count). The lowest BCUT2D eigenvalue weighted by Crippen LogP contribution is -2.48. The lowest BCUT2D eigenvalue weighted by atomic mass is 10.1. The van der Waals surface area contributed by atoms with Gasteiger partial charge in [-0.1, -0.05) is 71.1 Å². The summed E-state index contributed by atoms with van der Waals surface area (Å²) in [4.78, 5) is 0. The van der Waals surface area contributed by atoms with E-state index in [1.807, 2.05) is 0 Å². The minimum Gasteiger partial charge on any atom is -0.385 e. The van der Waals surface area contributed by atoms with E-state index in [-0.39, 0.29) is 12.2 Å². The Morgan fingerprint density at radius 3 is 1.34 bits per heavy atom.